The molecule has 0 radical (unpaired) electrons. The molecule has 0 spiro atoms. The highest BCUT2D eigenvalue weighted by Crippen LogP contribution is 2.33. The second-order valence-corrected chi connectivity index (χ2v) is 4.08. The fourth-order valence-electron chi connectivity index (χ4n) is 1.54. The van der Waals surface area contributed by atoms with Crippen molar-refractivity contribution in [3.05, 3.63) is 48.3 Å². The molecule has 1 heterocycles. The van der Waals surface area contributed by atoms with Gasteiger partial charge in [-0.1, -0.05) is 18.2 Å². The van der Waals surface area contributed by atoms with E-state index in [-0.39, 0.29) is 23.0 Å². The predicted molar refractivity (Wildman–Crippen MR) is 70.4 cm³/mol. The number of benzene rings is 1. The first-order valence-corrected chi connectivity index (χ1v) is 5.80. The standard InChI is InChI=1S/C14H14N2O3/c1-9(15)13(18)12-14(11(17)7-8-16-12)19-10-5-3-2-4-6-10/h2-9H,15H2,1H3,(H,16,17)/t9-/m0/s1. The first-order chi connectivity index (χ1) is 9.09. The van der Waals surface area contributed by atoms with Crippen molar-refractivity contribution in [2.45, 2.75) is 13.0 Å². The van der Waals surface area contributed by atoms with Crippen molar-refractivity contribution >= 4 is 5.78 Å². The zero-order chi connectivity index (χ0) is 13.8. The smallest absolute Gasteiger partial charge is 0.201 e. The largest absolute Gasteiger partial charge is 0.504 e. The summed E-state index contributed by atoms with van der Waals surface area (Å²) in [4.78, 5) is 15.9. The average molecular weight is 258 g/mol. The Morgan fingerprint density at radius 1 is 1.32 bits per heavy atom. The molecule has 0 aliphatic rings. The Labute approximate surface area is 110 Å². The number of aromatic nitrogens is 1. The van der Waals surface area contributed by atoms with Crippen LogP contribution in [0.15, 0.2) is 42.6 Å². The van der Waals surface area contributed by atoms with Crippen LogP contribution in [0.2, 0.25) is 0 Å². The molecular weight excluding hydrogens is 244 g/mol. The Morgan fingerprint density at radius 2 is 2.00 bits per heavy atom. The molecule has 0 unspecified atom stereocenters. The van der Waals surface area contributed by atoms with E-state index in [1.54, 1.807) is 31.2 Å². The number of nitrogens with two attached hydrogens (primary N) is 1. The molecule has 5 nitrogen and oxygen atoms in total. The van der Waals surface area contributed by atoms with E-state index in [4.69, 9.17) is 10.5 Å². The number of ether oxygens (including phenoxy) is 1. The summed E-state index contributed by atoms with van der Waals surface area (Å²) in [6, 6.07) is 9.48. The van der Waals surface area contributed by atoms with Gasteiger partial charge < -0.3 is 15.6 Å². The molecule has 0 bridgehead atoms. The van der Waals surface area contributed by atoms with Crippen LogP contribution >= 0.6 is 0 Å². The summed E-state index contributed by atoms with van der Waals surface area (Å²) in [5.74, 6) is -0.00907. The third kappa shape index (κ3) is 2.89. The molecular formula is C14H14N2O3. The Balaban J connectivity index is 2.41. The highest BCUT2D eigenvalue weighted by molar-refractivity contribution is 6.00. The van der Waals surface area contributed by atoms with Gasteiger partial charge in [0, 0.05) is 12.3 Å². The summed E-state index contributed by atoms with van der Waals surface area (Å²) in [5.41, 5.74) is 5.58. The van der Waals surface area contributed by atoms with Crippen molar-refractivity contribution in [1.29, 1.82) is 0 Å². The highest BCUT2D eigenvalue weighted by Gasteiger charge is 2.21. The minimum absolute atomic E-state index is 0.0241. The molecule has 1 atom stereocenters. The summed E-state index contributed by atoms with van der Waals surface area (Å²) in [6.45, 7) is 1.56. The fourth-order valence-corrected chi connectivity index (χ4v) is 1.54. The van der Waals surface area contributed by atoms with Gasteiger partial charge in [0.25, 0.3) is 0 Å². The van der Waals surface area contributed by atoms with Crippen molar-refractivity contribution in [2.75, 3.05) is 0 Å². The van der Waals surface area contributed by atoms with Crippen LogP contribution in [-0.4, -0.2) is 21.9 Å². The predicted octanol–water partition coefficient (Wildman–Crippen LogP) is 2.11. The number of para-hydroxylation sites is 1. The van der Waals surface area contributed by atoms with E-state index in [0.717, 1.165) is 0 Å². The van der Waals surface area contributed by atoms with Crippen LogP contribution in [0, 0.1) is 0 Å². The molecule has 98 valence electrons. The lowest BCUT2D eigenvalue weighted by Gasteiger charge is -2.12. The first kappa shape index (κ1) is 13.0. The number of nitrogens with zero attached hydrogens (tertiary/aromatic N) is 1. The normalized spacial score (nSPS) is 11.9. The van der Waals surface area contributed by atoms with Gasteiger partial charge in [-0.3, -0.25) is 4.79 Å². The van der Waals surface area contributed by atoms with E-state index in [0.29, 0.717) is 5.75 Å². The molecule has 2 rings (SSSR count). The average Bonchev–Trinajstić information content (AvgIpc) is 2.41. The van der Waals surface area contributed by atoms with Crippen LogP contribution in [0.1, 0.15) is 17.4 Å². The summed E-state index contributed by atoms with van der Waals surface area (Å²) in [5, 5.41) is 9.83. The molecule has 0 aliphatic carbocycles. The van der Waals surface area contributed by atoms with Gasteiger partial charge >= 0.3 is 0 Å². The van der Waals surface area contributed by atoms with E-state index in [2.05, 4.69) is 4.98 Å². The van der Waals surface area contributed by atoms with Gasteiger partial charge in [0.15, 0.2) is 17.2 Å². The zero-order valence-corrected chi connectivity index (χ0v) is 10.4. The fraction of sp³-hybridized carbons (Fsp3) is 0.143. The second kappa shape index (κ2) is 5.49. The Morgan fingerprint density at radius 3 is 2.63 bits per heavy atom. The van der Waals surface area contributed by atoms with Gasteiger partial charge in [-0.05, 0) is 19.1 Å². The number of hydrogen-bond acceptors (Lipinski definition) is 5. The minimum Gasteiger partial charge on any atom is -0.504 e. The third-order valence-corrected chi connectivity index (χ3v) is 2.49. The molecule has 1 aromatic heterocycles. The van der Waals surface area contributed by atoms with Crippen molar-refractivity contribution in [3.63, 3.8) is 0 Å². The lowest BCUT2D eigenvalue weighted by atomic mass is 10.1. The molecule has 0 saturated carbocycles. The van der Waals surface area contributed by atoms with Gasteiger partial charge in [-0.15, -0.1) is 0 Å². The molecule has 0 fully saturated rings. The maximum Gasteiger partial charge on any atom is 0.201 e. The molecule has 0 saturated heterocycles. The lowest BCUT2D eigenvalue weighted by Crippen LogP contribution is -2.27. The van der Waals surface area contributed by atoms with Crippen LogP contribution in [0.5, 0.6) is 17.2 Å². The van der Waals surface area contributed by atoms with Gasteiger partial charge in [0.2, 0.25) is 5.78 Å². The van der Waals surface area contributed by atoms with Gasteiger partial charge in [-0.25, -0.2) is 4.98 Å². The van der Waals surface area contributed by atoms with E-state index in [9.17, 15) is 9.90 Å². The molecule has 5 heteroatoms. The van der Waals surface area contributed by atoms with Gasteiger partial charge in [0.05, 0.1) is 6.04 Å². The van der Waals surface area contributed by atoms with Crippen LogP contribution < -0.4 is 10.5 Å². The molecule has 2 aromatic rings. The zero-order valence-electron chi connectivity index (χ0n) is 10.4. The third-order valence-electron chi connectivity index (χ3n) is 2.49. The van der Waals surface area contributed by atoms with E-state index in [1.807, 2.05) is 6.07 Å². The van der Waals surface area contributed by atoms with E-state index >= 15 is 0 Å². The molecule has 3 N–H and O–H groups in total. The lowest BCUT2D eigenvalue weighted by molar-refractivity contribution is 0.0960. The quantitative estimate of drug-likeness (QED) is 0.820. The van der Waals surface area contributed by atoms with Crippen molar-refractivity contribution in [3.8, 4) is 17.2 Å². The van der Waals surface area contributed by atoms with Crippen LogP contribution in [0.4, 0.5) is 0 Å². The number of ketones is 1. The maximum absolute atomic E-state index is 11.9. The Bertz CT molecular complexity index is 582. The number of carbonyl (C=O) groups is 1. The molecule has 19 heavy (non-hydrogen) atoms. The summed E-state index contributed by atoms with van der Waals surface area (Å²) >= 11 is 0. The second-order valence-electron chi connectivity index (χ2n) is 4.08. The van der Waals surface area contributed by atoms with Crippen molar-refractivity contribution in [1.82, 2.24) is 4.98 Å². The number of carbonyl (C=O) groups excluding carboxylic acids is 1. The SMILES string of the molecule is C[C@H](N)C(=O)c1nccc(O)c1Oc1ccccc1. The Hall–Kier alpha value is -2.40. The summed E-state index contributed by atoms with van der Waals surface area (Å²) in [7, 11) is 0. The van der Waals surface area contributed by atoms with E-state index < -0.39 is 6.04 Å². The minimum atomic E-state index is -0.715. The molecule has 0 amide bonds. The number of pyridine rings is 1. The Kier molecular flexibility index (Phi) is 3.77. The number of Topliss-reactive ketones (excluding diaryl/α,β-unsaturated/α-hetero) is 1. The molecule has 1 aromatic carbocycles. The molecule has 0 aliphatic heterocycles. The summed E-state index contributed by atoms with van der Waals surface area (Å²) < 4.78 is 5.52. The van der Waals surface area contributed by atoms with Gasteiger partial charge in [-0.2, -0.15) is 0 Å². The van der Waals surface area contributed by atoms with E-state index in [1.165, 1.54) is 12.3 Å². The summed E-state index contributed by atoms with van der Waals surface area (Å²) in [6.07, 6.45) is 1.34. The topological polar surface area (TPSA) is 85.4 Å². The number of rotatable bonds is 4. The van der Waals surface area contributed by atoms with Crippen LogP contribution in [-0.2, 0) is 0 Å². The van der Waals surface area contributed by atoms with Crippen LogP contribution in [0.3, 0.4) is 0 Å². The maximum atomic E-state index is 11.9. The number of aromatic hydroxyl groups is 1. The highest BCUT2D eigenvalue weighted by atomic mass is 16.5. The number of hydrogen-bond donors (Lipinski definition) is 2. The van der Waals surface area contributed by atoms with Crippen molar-refractivity contribution in [2.24, 2.45) is 5.73 Å². The van der Waals surface area contributed by atoms with Crippen molar-refractivity contribution < 1.29 is 14.6 Å². The van der Waals surface area contributed by atoms with Crippen LogP contribution in [0.25, 0.3) is 0 Å². The monoisotopic (exact) mass is 258 g/mol. The first-order valence-electron chi connectivity index (χ1n) is 5.80. The van der Waals surface area contributed by atoms with Gasteiger partial charge in [0.1, 0.15) is 5.75 Å².